The van der Waals surface area contributed by atoms with Gasteiger partial charge in [-0.1, -0.05) is 38.5 Å². The van der Waals surface area contributed by atoms with Crippen molar-refractivity contribution in [3.05, 3.63) is 17.8 Å². The van der Waals surface area contributed by atoms with Crippen LogP contribution in [0.2, 0.25) is 0 Å². The van der Waals surface area contributed by atoms with Crippen LogP contribution >= 0.6 is 0 Å². The van der Waals surface area contributed by atoms with E-state index in [1.165, 1.54) is 38.5 Å². The van der Waals surface area contributed by atoms with Gasteiger partial charge in [0.15, 0.2) is 5.89 Å². The van der Waals surface area contributed by atoms with Crippen LogP contribution in [0.3, 0.4) is 0 Å². The number of nitrogens with zero attached hydrogens (tertiary/aromatic N) is 1. The van der Waals surface area contributed by atoms with E-state index < -0.39 is 0 Å². The van der Waals surface area contributed by atoms with Gasteiger partial charge >= 0.3 is 0 Å². The zero-order valence-electron chi connectivity index (χ0n) is 10.9. The van der Waals surface area contributed by atoms with Crippen LogP contribution in [0.25, 0.3) is 0 Å². The molecule has 96 valence electrons. The average molecular weight is 236 g/mol. The minimum atomic E-state index is 0.822. The van der Waals surface area contributed by atoms with Gasteiger partial charge in [0.1, 0.15) is 5.76 Å². The first kappa shape index (κ1) is 12.6. The molecule has 1 aliphatic carbocycles. The van der Waals surface area contributed by atoms with Gasteiger partial charge in [-0.05, 0) is 13.0 Å². The van der Waals surface area contributed by atoms with Crippen molar-refractivity contribution in [2.45, 2.75) is 51.4 Å². The Labute approximate surface area is 104 Å². The Bertz CT molecular complexity index is 314. The van der Waals surface area contributed by atoms with E-state index in [1.54, 1.807) is 0 Å². The maximum Gasteiger partial charge on any atom is 0.195 e. The zero-order valence-corrected chi connectivity index (χ0v) is 10.9. The molecule has 0 aromatic carbocycles. The van der Waals surface area contributed by atoms with Crippen molar-refractivity contribution in [2.24, 2.45) is 5.92 Å². The molecule has 0 unspecified atom stereocenters. The summed E-state index contributed by atoms with van der Waals surface area (Å²) in [5, 5.41) is 3.12. The van der Waals surface area contributed by atoms with Crippen molar-refractivity contribution in [2.75, 3.05) is 13.6 Å². The molecule has 3 heteroatoms. The van der Waals surface area contributed by atoms with E-state index in [-0.39, 0.29) is 0 Å². The number of rotatable bonds is 5. The third-order valence-corrected chi connectivity index (χ3v) is 3.65. The summed E-state index contributed by atoms with van der Waals surface area (Å²) in [7, 11) is 1.95. The number of hydrogen-bond acceptors (Lipinski definition) is 3. The minimum Gasteiger partial charge on any atom is -0.446 e. The lowest BCUT2D eigenvalue weighted by molar-refractivity contribution is 0.386. The van der Waals surface area contributed by atoms with Crippen LogP contribution in [-0.2, 0) is 12.8 Å². The van der Waals surface area contributed by atoms with Gasteiger partial charge < -0.3 is 9.73 Å². The van der Waals surface area contributed by atoms with E-state index in [1.807, 2.05) is 13.2 Å². The van der Waals surface area contributed by atoms with Crippen molar-refractivity contribution >= 4 is 0 Å². The summed E-state index contributed by atoms with van der Waals surface area (Å²) in [6, 6.07) is 0. The molecule has 1 aromatic rings. The van der Waals surface area contributed by atoms with Gasteiger partial charge in [0, 0.05) is 19.4 Å². The van der Waals surface area contributed by atoms with Gasteiger partial charge in [-0.2, -0.15) is 0 Å². The van der Waals surface area contributed by atoms with Gasteiger partial charge in [-0.25, -0.2) is 4.98 Å². The van der Waals surface area contributed by atoms with Gasteiger partial charge in [0.25, 0.3) is 0 Å². The molecule has 2 rings (SSSR count). The summed E-state index contributed by atoms with van der Waals surface area (Å²) in [6.07, 6.45) is 12.3. The van der Waals surface area contributed by atoms with Gasteiger partial charge in [-0.3, -0.25) is 0 Å². The Kier molecular flexibility index (Phi) is 5.05. The normalized spacial score (nSPS) is 18.2. The Balaban J connectivity index is 1.82. The smallest absolute Gasteiger partial charge is 0.195 e. The predicted octanol–water partition coefficient (Wildman–Crippen LogP) is 2.95. The molecule has 0 spiro atoms. The van der Waals surface area contributed by atoms with Crippen LogP contribution in [0.15, 0.2) is 10.6 Å². The van der Waals surface area contributed by atoms with Crippen molar-refractivity contribution in [1.82, 2.24) is 10.3 Å². The van der Waals surface area contributed by atoms with E-state index in [9.17, 15) is 0 Å². The molecule has 1 heterocycles. The molecule has 3 nitrogen and oxygen atoms in total. The average Bonchev–Trinajstić information content (AvgIpc) is 2.61. The summed E-state index contributed by atoms with van der Waals surface area (Å²) in [5.74, 6) is 2.79. The SMILES string of the molecule is CNCCc1ncc(CC2CCCCCC2)o1. The Morgan fingerprint density at radius 3 is 2.76 bits per heavy atom. The largest absolute Gasteiger partial charge is 0.446 e. The molecular formula is C14H24N2O. The highest BCUT2D eigenvalue weighted by molar-refractivity contribution is 4.96. The summed E-state index contributed by atoms with van der Waals surface area (Å²) in [5.41, 5.74) is 0. The van der Waals surface area contributed by atoms with Gasteiger partial charge in [0.05, 0.1) is 6.20 Å². The number of aromatic nitrogens is 1. The van der Waals surface area contributed by atoms with Crippen LogP contribution in [0.1, 0.15) is 50.2 Å². The molecule has 0 amide bonds. The van der Waals surface area contributed by atoms with E-state index in [4.69, 9.17) is 4.42 Å². The minimum absolute atomic E-state index is 0.822. The highest BCUT2D eigenvalue weighted by atomic mass is 16.4. The third kappa shape index (κ3) is 4.15. The van der Waals surface area contributed by atoms with Crippen LogP contribution in [0.5, 0.6) is 0 Å². The Morgan fingerprint density at radius 1 is 1.29 bits per heavy atom. The number of likely N-dealkylation sites (N-methyl/N-ethyl adjacent to an activating group) is 1. The topological polar surface area (TPSA) is 38.1 Å². The molecular weight excluding hydrogens is 212 g/mol. The summed E-state index contributed by atoms with van der Waals surface area (Å²) >= 11 is 0. The van der Waals surface area contributed by atoms with E-state index >= 15 is 0 Å². The fourth-order valence-corrected chi connectivity index (χ4v) is 2.64. The second-order valence-electron chi connectivity index (χ2n) is 5.14. The van der Waals surface area contributed by atoms with Crippen molar-refractivity contribution in [3.63, 3.8) is 0 Å². The number of oxazole rings is 1. The van der Waals surface area contributed by atoms with E-state index in [0.717, 1.165) is 37.0 Å². The Hall–Kier alpha value is -0.830. The monoisotopic (exact) mass is 236 g/mol. The maximum atomic E-state index is 5.78. The van der Waals surface area contributed by atoms with Gasteiger partial charge in [0.2, 0.25) is 0 Å². The summed E-state index contributed by atoms with van der Waals surface area (Å²) < 4.78 is 5.78. The fraction of sp³-hybridized carbons (Fsp3) is 0.786. The predicted molar refractivity (Wildman–Crippen MR) is 69.0 cm³/mol. The molecule has 1 fully saturated rings. The molecule has 0 atom stereocenters. The lowest BCUT2D eigenvalue weighted by atomic mass is 9.96. The van der Waals surface area contributed by atoms with Gasteiger partial charge in [-0.15, -0.1) is 0 Å². The van der Waals surface area contributed by atoms with Crippen molar-refractivity contribution < 1.29 is 4.42 Å². The van der Waals surface area contributed by atoms with E-state index in [2.05, 4.69) is 10.3 Å². The zero-order chi connectivity index (χ0) is 11.9. The lowest BCUT2D eigenvalue weighted by Gasteiger charge is -2.10. The molecule has 0 radical (unpaired) electrons. The molecule has 17 heavy (non-hydrogen) atoms. The molecule has 1 saturated carbocycles. The van der Waals surface area contributed by atoms with Crippen LogP contribution in [0, 0.1) is 5.92 Å². The first-order valence-corrected chi connectivity index (χ1v) is 6.96. The first-order chi connectivity index (χ1) is 8.38. The van der Waals surface area contributed by atoms with E-state index in [0.29, 0.717) is 0 Å². The highest BCUT2D eigenvalue weighted by Gasteiger charge is 2.15. The van der Waals surface area contributed by atoms with Crippen molar-refractivity contribution in [3.8, 4) is 0 Å². The quantitative estimate of drug-likeness (QED) is 0.799. The van der Waals surface area contributed by atoms with Crippen LogP contribution in [0.4, 0.5) is 0 Å². The second kappa shape index (κ2) is 6.80. The maximum absolute atomic E-state index is 5.78. The molecule has 0 bridgehead atoms. The molecule has 1 aliphatic rings. The third-order valence-electron chi connectivity index (χ3n) is 3.65. The Morgan fingerprint density at radius 2 is 2.06 bits per heavy atom. The van der Waals surface area contributed by atoms with Crippen LogP contribution in [-0.4, -0.2) is 18.6 Å². The van der Waals surface area contributed by atoms with Crippen LogP contribution < -0.4 is 5.32 Å². The number of hydrogen-bond donors (Lipinski definition) is 1. The molecule has 0 saturated heterocycles. The standard InChI is InChI=1S/C14H24N2O/c1-15-9-8-14-16-11-13(17-14)10-12-6-4-2-3-5-7-12/h11-12,15H,2-10H2,1H3. The number of nitrogens with one attached hydrogen (secondary N) is 1. The molecule has 1 aromatic heterocycles. The second-order valence-corrected chi connectivity index (χ2v) is 5.14. The highest BCUT2D eigenvalue weighted by Crippen LogP contribution is 2.26. The lowest BCUT2D eigenvalue weighted by Crippen LogP contribution is -2.10. The first-order valence-electron chi connectivity index (χ1n) is 6.96. The fourth-order valence-electron chi connectivity index (χ4n) is 2.64. The molecule has 1 N–H and O–H groups in total. The van der Waals surface area contributed by atoms with Crippen molar-refractivity contribution in [1.29, 1.82) is 0 Å². The summed E-state index contributed by atoms with van der Waals surface area (Å²) in [6.45, 7) is 0.934. The molecule has 0 aliphatic heterocycles. The summed E-state index contributed by atoms with van der Waals surface area (Å²) in [4.78, 5) is 4.34.